The molecule has 0 amide bonds. The fourth-order valence-corrected chi connectivity index (χ4v) is 6.69. The van der Waals surface area contributed by atoms with E-state index in [1.54, 1.807) is 0 Å². The summed E-state index contributed by atoms with van der Waals surface area (Å²) in [6, 6.07) is 9.16. The summed E-state index contributed by atoms with van der Waals surface area (Å²) in [7, 11) is -3.01. The first-order valence-electron chi connectivity index (χ1n) is 12.8. The second-order valence-corrected chi connectivity index (χ2v) is 13.9. The van der Waals surface area contributed by atoms with Gasteiger partial charge in [-0.1, -0.05) is 38.8 Å². The summed E-state index contributed by atoms with van der Waals surface area (Å²) in [5.74, 6) is 1.45. The molecule has 182 valence electrons. The van der Waals surface area contributed by atoms with Crippen LogP contribution in [-0.4, -0.2) is 44.2 Å². The number of ether oxygens (including phenoxy) is 1. The minimum Gasteiger partial charge on any atom is -0.371 e. The molecule has 0 unspecified atom stereocenters. The van der Waals surface area contributed by atoms with Crippen LogP contribution in [0.3, 0.4) is 0 Å². The minimum absolute atomic E-state index is 0.00196. The van der Waals surface area contributed by atoms with Gasteiger partial charge in [-0.3, -0.25) is 0 Å². The zero-order valence-electron chi connectivity index (χ0n) is 21.0. The van der Waals surface area contributed by atoms with Crippen molar-refractivity contribution in [2.24, 2.45) is 11.8 Å². The van der Waals surface area contributed by atoms with Gasteiger partial charge >= 0.3 is 0 Å². The van der Waals surface area contributed by atoms with E-state index < -0.39 is 14.6 Å². The van der Waals surface area contributed by atoms with Crippen molar-refractivity contribution in [2.75, 3.05) is 30.3 Å². The second kappa shape index (κ2) is 10.5. The quantitative estimate of drug-likeness (QED) is 0.472. The molecule has 3 rings (SSSR count). The summed E-state index contributed by atoms with van der Waals surface area (Å²) in [6.45, 7) is 12.7. The molecule has 5 heteroatoms. The van der Waals surface area contributed by atoms with E-state index >= 15 is 0 Å². The number of aryl methyl sites for hydroxylation is 1. The number of sulfone groups is 1. The zero-order valence-corrected chi connectivity index (χ0v) is 21.8. The summed E-state index contributed by atoms with van der Waals surface area (Å²) in [4.78, 5) is 2.48. The van der Waals surface area contributed by atoms with Gasteiger partial charge in [0.2, 0.25) is 0 Å². The molecule has 0 radical (unpaired) electrons. The van der Waals surface area contributed by atoms with E-state index in [9.17, 15) is 8.42 Å². The van der Waals surface area contributed by atoms with Gasteiger partial charge < -0.3 is 9.64 Å². The fourth-order valence-electron chi connectivity index (χ4n) is 5.23. The third-order valence-corrected chi connectivity index (χ3v) is 10.8. The Hall–Kier alpha value is -1.07. The van der Waals surface area contributed by atoms with E-state index in [0.29, 0.717) is 11.7 Å². The number of hydrogen-bond acceptors (Lipinski definition) is 4. The van der Waals surface area contributed by atoms with Crippen molar-refractivity contribution in [3.63, 3.8) is 0 Å². The van der Waals surface area contributed by atoms with Gasteiger partial charge in [-0.15, -0.1) is 0 Å². The highest BCUT2D eigenvalue weighted by Crippen LogP contribution is 2.34. The van der Waals surface area contributed by atoms with E-state index in [0.717, 1.165) is 57.7 Å². The molecule has 1 aliphatic carbocycles. The van der Waals surface area contributed by atoms with E-state index in [4.69, 9.17) is 4.74 Å². The van der Waals surface area contributed by atoms with Gasteiger partial charge in [0.05, 0.1) is 22.7 Å². The maximum absolute atomic E-state index is 12.5. The molecular weight excluding hydrogens is 418 g/mol. The molecule has 1 aromatic carbocycles. The molecule has 4 nitrogen and oxygen atoms in total. The maximum Gasteiger partial charge on any atom is 0.155 e. The Morgan fingerprint density at radius 3 is 2.16 bits per heavy atom. The average molecular weight is 464 g/mol. The van der Waals surface area contributed by atoms with Crippen LogP contribution in [0, 0.1) is 11.8 Å². The van der Waals surface area contributed by atoms with Gasteiger partial charge in [0, 0.05) is 18.8 Å². The largest absolute Gasteiger partial charge is 0.371 e. The maximum atomic E-state index is 12.5. The van der Waals surface area contributed by atoms with E-state index in [-0.39, 0.29) is 5.60 Å². The van der Waals surface area contributed by atoms with Crippen molar-refractivity contribution in [3.05, 3.63) is 29.8 Å². The smallest absolute Gasteiger partial charge is 0.155 e. The summed E-state index contributed by atoms with van der Waals surface area (Å²) in [5.41, 5.74) is 2.72. The number of hydrogen-bond donors (Lipinski definition) is 0. The monoisotopic (exact) mass is 463 g/mol. The summed E-state index contributed by atoms with van der Waals surface area (Å²) >= 11 is 0. The van der Waals surface area contributed by atoms with Crippen LogP contribution in [-0.2, 0) is 21.0 Å². The molecule has 0 atom stereocenters. The molecule has 1 heterocycles. The third kappa shape index (κ3) is 6.28. The number of nitrogens with zero attached hydrogens (tertiary/aromatic N) is 1. The van der Waals surface area contributed by atoms with Gasteiger partial charge in [-0.25, -0.2) is 8.42 Å². The third-order valence-electron chi connectivity index (χ3n) is 8.03. The standard InChI is InChI=1S/C27H45NO3S/c1-6-27(7-2)21-28(18-19-31-27)25-16-14-23(15-17-25)9-8-22-10-12-24(13-11-22)20-32(29,30)26(3,4)5/h14-17,22,24H,6-13,18-21H2,1-5H3. The summed E-state index contributed by atoms with van der Waals surface area (Å²) in [5, 5.41) is 0. The van der Waals surface area contributed by atoms with Gasteiger partial charge in [-0.05, 0) is 88.8 Å². The average Bonchev–Trinajstić information content (AvgIpc) is 2.78. The number of morpholine rings is 1. The van der Waals surface area contributed by atoms with Crippen molar-refractivity contribution >= 4 is 15.5 Å². The molecule has 0 bridgehead atoms. The summed E-state index contributed by atoms with van der Waals surface area (Å²) in [6.07, 6.45) is 8.92. The van der Waals surface area contributed by atoms with E-state index in [1.807, 2.05) is 20.8 Å². The highest BCUT2D eigenvalue weighted by atomic mass is 32.2. The van der Waals surface area contributed by atoms with Crippen molar-refractivity contribution in [3.8, 4) is 0 Å². The van der Waals surface area contributed by atoms with Crippen LogP contribution in [0.2, 0.25) is 0 Å². The Kier molecular flexibility index (Phi) is 8.35. The molecule has 1 aliphatic heterocycles. The fraction of sp³-hybridized carbons (Fsp3) is 0.778. The molecule has 1 aromatic rings. The van der Waals surface area contributed by atoms with Gasteiger partial charge in [0.25, 0.3) is 0 Å². The molecule has 2 fully saturated rings. The Morgan fingerprint density at radius 2 is 1.59 bits per heavy atom. The number of rotatable bonds is 8. The van der Waals surface area contributed by atoms with Crippen molar-refractivity contribution in [1.82, 2.24) is 0 Å². The molecule has 1 saturated carbocycles. The molecule has 0 aromatic heterocycles. The van der Waals surface area contributed by atoms with E-state index in [2.05, 4.69) is 43.0 Å². The Bertz CT molecular complexity index is 813. The molecule has 1 saturated heterocycles. The van der Waals surface area contributed by atoms with Crippen LogP contribution in [0.15, 0.2) is 24.3 Å². The van der Waals surface area contributed by atoms with Crippen LogP contribution >= 0.6 is 0 Å². The SMILES string of the molecule is CCC1(CC)CN(c2ccc(CCC3CCC(CS(=O)(=O)C(C)(C)C)CC3)cc2)CCO1. The van der Waals surface area contributed by atoms with E-state index in [1.165, 1.54) is 30.5 Å². The first-order chi connectivity index (χ1) is 15.1. The van der Waals surface area contributed by atoms with Gasteiger partial charge in [-0.2, -0.15) is 0 Å². The molecule has 0 N–H and O–H groups in total. The van der Waals surface area contributed by atoms with Crippen LogP contribution < -0.4 is 4.90 Å². The van der Waals surface area contributed by atoms with Crippen LogP contribution in [0.4, 0.5) is 5.69 Å². The first kappa shape index (κ1) is 25.6. The van der Waals surface area contributed by atoms with Crippen LogP contribution in [0.25, 0.3) is 0 Å². The minimum atomic E-state index is -3.01. The lowest BCUT2D eigenvalue weighted by Crippen LogP contribution is -2.51. The van der Waals surface area contributed by atoms with Crippen molar-refractivity contribution < 1.29 is 13.2 Å². The Morgan fingerprint density at radius 1 is 1.00 bits per heavy atom. The normalized spacial score (nSPS) is 24.5. The predicted molar refractivity (Wildman–Crippen MR) is 135 cm³/mol. The van der Waals surface area contributed by atoms with Crippen molar-refractivity contribution in [2.45, 2.75) is 96.3 Å². The lowest BCUT2D eigenvalue weighted by molar-refractivity contribution is -0.0605. The topological polar surface area (TPSA) is 46.6 Å². The molecule has 32 heavy (non-hydrogen) atoms. The van der Waals surface area contributed by atoms with Crippen LogP contribution in [0.1, 0.15) is 85.1 Å². The molecule has 2 aliphatic rings. The molecular formula is C27H45NO3S. The lowest BCUT2D eigenvalue weighted by Gasteiger charge is -2.43. The Balaban J connectivity index is 1.45. The highest BCUT2D eigenvalue weighted by molar-refractivity contribution is 7.92. The van der Waals surface area contributed by atoms with Crippen molar-refractivity contribution in [1.29, 1.82) is 0 Å². The number of benzene rings is 1. The number of anilines is 1. The molecule has 0 spiro atoms. The lowest BCUT2D eigenvalue weighted by atomic mass is 9.80. The first-order valence-corrected chi connectivity index (χ1v) is 14.4. The zero-order chi connectivity index (χ0) is 23.4. The van der Waals surface area contributed by atoms with Crippen LogP contribution in [0.5, 0.6) is 0 Å². The second-order valence-electron chi connectivity index (χ2n) is 11.1. The van der Waals surface area contributed by atoms with Gasteiger partial charge in [0.1, 0.15) is 0 Å². The summed E-state index contributed by atoms with van der Waals surface area (Å²) < 4.78 is 30.5. The van der Waals surface area contributed by atoms with Gasteiger partial charge in [0.15, 0.2) is 9.84 Å². The Labute approximate surface area is 197 Å². The highest BCUT2D eigenvalue weighted by Gasteiger charge is 2.34. The predicted octanol–water partition coefficient (Wildman–Crippen LogP) is 6.03.